The SMILES string of the molecule is Cc1sc(=O)n(CC(=O)NCCc2ccc(N)cc2)c1C.Cl. The monoisotopic (exact) mass is 341 g/mol. The number of halogens is 1. The Balaban J connectivity index is 0.00000242. The van der Waals surface area contributed by atoms with E-state index in [9.17, 15) is 9.59 Å². The van der Waals surface area contributed by atoms with Gasteiger partial charge in [-0.15, -0.1) is 12.4 Å². The van der Waals surface area contributed by atoms with Gasteiger partial charge in [-0.05, 0) is 38.0 Å². The first-order valence-corrected chi connectivity index (χ1v) is 7.57. The van der Waals surface area contributed by atoms with E-state index in [0.717, 1.165) is 28.2 Å². The number of anilines is 1. The quantitative estimate of drug-likeness (QED) is 0.815. The minimum absolute atomic E-state index is 0. The first-order valence-electron chi connectivity index (χ1n) is 6.75. The molecule has 2 aromatic rings. The van der Waals surface area contributed by atoms with E-state index in [1.54, 1.807) is 0 Å². The lowest BCUT2D eigenvalue weighted by molar-refractivity contribution is -0.121. The van der Waals surface area contributed by atoms with Gasteiger partial charge in [0, 0.05) is 22.8 Å². The molecule has 0 aliphatic carbocycles. The van der Waals surface area contributed by atoms with Crippen molar-refractivity contribution < 1.29 is 4.79 Å². The van der Waals surface area contributed by atoms with Crippen molar-refractivity contribution in [3.63, 3.8) is 0 Å². The van der Waals surface area contributed by atoms with Crippen LogP contribution >= 0.6 is 23.7 Å². The van der Waals surface area contributed by atoms with Crippen molar-refractivity contribution >= 4 is 35.3 Å². The van der Waals surface area contributed by atoms with Gasteiger partial charge in [-0.3, -0.25) is 14.2 Å². The van der Waals surface area contributed by atoms with E-state index >= 15 is 0 Å². The maximum atomic E-state index is 11.9. The van der Waals surface area contributed by atoms with Crippen molar-refractivity contribution in [3.05, 3.63) is 50.1 Å². The summed E-state index contributed by atoms with van der Waals surface area (Å²) in [6.45, 7) is 4.36. The van der Waals surface area contributed by atoms with Gasteiger partial charge >= 0.3 is 4.87 Å². The number of carbonyl (C=O) groups is 1. The number of aryl methyl sites for hydroxylation is 1. The minimum Gasteiger partial charge on any atom is -0.399 e. The van der Waals surface area contributed by atoms with Crippen molar-refractivity contribution in [1.82, 2.24) is 9.88 Å². The van der Waals surface area contributed by atoms with Gasteiger partial charge in [-0.2, -0.15) is 0 Å². The molecule has 3 N–H and O–H groups in total. The molecule has 2 rings (SSSR count). The first-order chi connectivity index (χ1) is 9.97. The molecule has 0 saturated heterocycles. The molecule has 0 radical (unpaired) electrons. The van der Waals surface area contributed by atoms with E-state index in [1.807, 2.05) is 38.1 Å². The van der Waals surface area contributed by atoms with E-state index in [0.29, 0.717) is 6.54 Å². The fraction of sp³-hybridized carbons (Fsp3) is 0.333. The number of hydrogen-bond acceptors (Lipinski definition) is 4. The van der Waals surface area contributed by atoms with Crippen LogP contribution in [0.3, 0.4) is 0 Å². The molecule has 1 amide bonds. The van der Waals surface area contributed by atoms with Crippen molar-refractivity contribution in [1.29, 1.82) is 0 Å². The van der Waals surface area contributed by atoms with Crippen LogP contribution in [0.1, 0.15) is 16.1 Å². The van der Waals surface area contributed by atoms with Crippen LogP contribution in [0.4, 0.5) is 5.69 Å². The number of nitrogens with one attached hydrogen (secondary N) is 1. The fourth-order valence-electron chi connectivity index (χ4n) is 2.00. The van der Waals surface area contributed by atoms with E-state index in [1.165, 1.54) is 15.9 Å². The second-order valence-corrected chi connectivity index (χ2v) is 6.10. The number of thiazole rings is 1. The summed E-state index contributed by atoms with van der Waals surface area (Å²) in [5.74, 6) is -0.145. The summed E-state index contributed by atoms with van der Waals surface area (Å²) in [6, 6.07) is 7.57. The lowest BCUT2D eigenvalue weighted by Gasteiger charge is -2.07. The Bertz CT molecular complexity index is 692. The summed E-state index contributed by atoms with van der Waals surface area (Å²) in [4.78, 5) is 24.5. The second-order valence-electron chi connectivity index (χ2n) is 4.94. The van der Waals surface area contributed by atoms with Crippen molar-refractivity contribution in [2.24, 2.45) is 0 Å². The van der Waals surface area contributed by atoms with Crippen LogP contribution in [-0.2, 0) is 17.8 Å². The summed E-state index contributed by atoms with van der Waals surface area (Å²) >= 11 is 1.18. The Hall–Kier alpha value is -1.79. The number of amides is 1. The predicted octanol–water partition coefficient (Wildman–Crippen LogP) is 1.89. The molecule has 22 heavy (non-hydrogen) atoms. The third-order valence-electron chi connectivity index (χ3n) is 3.39. The van der Waals surface area contributed by atoms with Crippen LogP contribution in [0.5, 0.6) is 0 Å². The molecule has 1 aromatic heterocycles. The van der Waals surface area contributed by atoms with E-state index in [-0.39, 0.29) is 29.7 Å². The number of nitrogen functional groups attached to an aromatic ring is 1. The highest BCUT2D eigenvalue weighted by Gasteiger charge is 2.10. The zero-order valence-corrected chi connectivity index (χ0v) is 14.2. The molecule has 0 unspecified atom stereocenters. The van der Waals surface area contributed by atoms with Crippen LogP contribution in [0.25, 0.3) is 0 Å². The van der Waals surface area contributed by atoms with Gasteiger partial charge in [-0.1, -0.05) is 23.5 Å². The maximum absolute atomic E-state index is 11.9. The number of nitrogens with zero attached hydrogens (tertiary/aromatic N) is 1. The summed E-state index contributed by atoms with van der Waals surface area (Å²) in [5, 5.41) is 2.83. The highest BCUT2D eigenvalue weighted by molar-refractivity contribution is 7.09. The first kappa shape index (κ1) is 18.3. The predicted molar refractivity (Wildman–Crippen MR) is 92.9 cm³/mol. The minimum atomic E-state index is -0.145. The third-order valence-corrected chi connectivity index (χ3v) is 4.39. The number of nitrogens with two attached hydrogens (primary N) is 1. The third kappa shape index (κ3) is 4.61. The summed E-state index contributed by atoms with van der Waals surface area (Å²) in [7, 11) is 0. The summed E-state index contributed by atoms with van der Waals surface area (Å²) < 4.78 is 1.51. The Morgan fingerprint density at radius 1 is 1.27 bits per heavy atom. The number of hydrogen-bond donors (Lipinski definition) is 2. The smallest absolute Gasteiger partial charge is 0.308 e. The number of rotatable bonds is 5. The zero-order valence-electron chi connectivity index (χ0n) is 12.6. The molecule has 0 atom stereocenters. The number of carbonyl (C=O) groups excluding carboxylic acids is 1. The van der Waals surface area contributed by atoms with Gasteiger partial charge in [0.2, 0.25) is 5.91 Å². The fourth-order valence-corrected chi connectivity index (χ4v) is 2.83. The normalized spacial score (nSPS) is 10.1. The van der Waals surface area contributed by atoms with Crippen molar-refractivity contribution in [2.45, 2.75) is 26.8 Å². The van der Waals surface area contributed by atoms with E-state index in [2.05, 4.69) is 5.32 Å². The molecule has 0 aliphatic rings. The molecule has 0 aliphatic heterocycles. The molecular formula is C15H20ClN3O2S. The highest BCUT2D eigenvalue weighted by Crippen LogP contribution is 2.09. The summed E-state index contributed by atoms with van der Waals surface area (Å²) in [5.41, 5.74) is 8.32. The van der Waals surface area contributed by atoms with Gasteiger partial charge < -0.3 is 11.1 Å². The largest absolute Gasteiger partial charge is 0.399 e. The lowest BCUT2D eigenvalue weighted by atomic mass is 10.1. The Morgan fingerprint density at radius 2 is 1.91 bits per heavy atom. The molecule has 0 fully saturated rings. The van der Waals surface area contributed by atoms with E-state index in [4.69, 9.17) is 5.73 Å². The lowest BCUT2D eigenvalue weighted by Crippen LogP contribution is -2.32. The second kappa shape index (κ2) is 8.00. The molecule has 1 aromatic carbocycles. The van der Waals surface area contributed by atoms with Gasteiger partial charge in [-0.25, -0.2) is 0 Å². The summed E-state index contributed by atoms with van der Waals surface area (Å²) in [6.07, 6.45) is 0.739. The molecule has 5 nitrogen and oxygen atoms in total. The van der Waals surface area contributed by atoms with Crippen molar-refractivity contribution in [2.75, 3.05) is 12.3 Å². The van der Waals surface area contributed by atoms with Gasteiger partial charge in [0.05, 0.1) is 0 Å². The average molecular weight is 342 g/mol. The topological polar surface area (TPSA) is 77.1 Å². The molecule has 1 heterocycles. The van der Waals surface area contributed by atoms with Gasteiger partial charge in [0.15, 0.2) is 0 Å². The van der Waals surface area contributed by atoms with Gasteiger partial charge in [0.1, 0.15) is 6.54 Å². The van der Waals surface area contributed by atoms with Crippen LogP contribution < -0.4 is 15.9 Å². The van der Waals surface area contributed by atoms with Crippen LogP contribution in [0.15, 0.2) is 29.1 Å². The highest BCUT2D eigenvalue weighted by atomic mass is 35.5. The van der Waals surface area contributed by atoms with Crippen LogP contribution in [-0.4, -0.2) is 17.0 Å². The molecule has 0 saturated carbocycles. The molecule has 0 spiro atoms. The Kier molecular flexibility index (Phi) is 6.64. The molecule has 120 valence electrons. The Labute approximate surface area is 139 Å². The zero-order chi connectivity index (χ0) is 15.4. The number of benzene rings is 1. The number of aromatic nitrogens is 1. The van der Waals surface area contributed by atoms with Crippen LogP contribution in [0, 0.1) is 13.8 Å². The van der Waals surface area contributed by atoms with Crippen molar-refractivity contribution in [3.8, 4) is 0 Å². The van der Waals surface area contributed by atoms with E-state index < -0.39 is 0 Å². The molecule has 7 heteroatoms. The maximum Gasteiger partial charge on any atom is 0.308 e. The standard InChI is InChI=1S/C15H19N3O2S.ClH/c1-10-11(2)21-15(20)18(10)9-14(19)17-8-7-12-3-5-13(16)6-4-12;/h3-6H,7-9,16H2,1-2H3,(H,17,19);1H. The molecule has 0 bridgehead atoms. The van der Waals surface area contributed by atoms with Gasteiger partial charge in [0.25, 0.3) is 0 Å². The Morgan fingerprint density at radius 3 is 2.45 bits per heavy atom. The molecular weight excluding hydrogens is 322 g/mol. The average Bonchev–Trinajstić information content (AvgIpc) is 2.68. The van der Waals surface area contributed by atoms with Crippen LogP contribution in [0.2, 0.25) is 0 Å².